The Morgan fingerprint density at radius 3 is 2.40 bits per heavy atom. The van der Waals surface area contributed by atoms with Gasteiger partial charge in [0.15, 0.2) is 0 Å². The van der Waals surface area contributed by atoms with E-state index in [9.17, 15) is 14.0 Å². The third-order valence-corrected chi connectivity index (χ3v) is 2.98. The predicted octanol–water partition coefficient (Wildman–Crippen LogP) is 3.16. The van der Waals surface area contributed by atoms with Crippen LogP contribution in [0.3, 0.4) is 0 Å². The van der Waals surface area contributed by atoms with Crippen LogP contribution in [0, 0.1) is 0 Å². The largest absolute Gasteiger partial charge is 0.489 e. The third kappa shape index (κ3) is 8.19. The lowest BCUT2D eigenvalue weighted by Gasteiger charge is -2.22. The second kappa shape index (κ2) is 9.66. The van der Waals surface area contributed by atoms with Gasteiger partial charge in [0.05, 0.1) is 13.4 Å². The van der Waals surface area contributed by atoms with Crippen molar-refractivity contribution in [1.82, 2.24) is 5.32 Å². The predicted molar refractivity (Wildman–Crippen MR) is 91.1 cm³/mol. The van der Waals surface area contributed by atoms with Crippen LogP contribution in [-0.4, -0.2) is 37.4 Å². The number of carbonyl (C=O) groups is 2. The van der Waals surface area contributed by atoms with E-state index in [0.29, 0.717) is 12.1 Å². The molecule has 1 aromatic carbocycles. The Balaban J connectivity index is 2.71. The summed E-state index contributed by atoms with van der Waals surface area (Å²) in [6, 6.07) is 6.02. The Morgan fingerprint density at radius 2 is 1.88 bits per heavy atom. The van der Waals surface area contributed by atoms with Crippen molar-refractivity contribution in [2.24, 2.45) is 0 Å². The van der Waals surface area contributed by atoms with Crippen molar-refractivity contribution in [2.45, 2.75) is 38.8 Å². The van der Waals surface area contributed by atoms with Crippen molar-refractivity contribution in [3.05, 3.63) is 42.2 Å². The lowest BCUT2D eigenvalue weighted by molar-refractivity contribution is -0.143. The summed E-state index contributed by atoms with van der Waals surface area (Å²) in [5.41, 5.74) is 0.123. The number of hydrogen-bond donors (Lipinski definition) is 1. The molecule has 0 aromatic heterocycles. The molecule has 0 heterocycles. The molecule has 0 aliphatic rings. The number of alkyl carbamates (subject to hydrolysis) is 1. The molecule has 0 spiro atoms. The minimum Gasteiger partial charge on any atom is -0.489 e. The van der Waals surface area contributed by atoms with Gasteiger partial charge in [0, 0.05) is 6.42 Å². The van der Waals surface area contributed by atoms with E-state index in [1.807, 2.05) is 0 Å². The van der Waals surface area contributed by atoms with Crippen LogP contribution in [0.1, 0.15) is 26.3 Å². The van der Waals surface area contributed by atoms with Crippen molar-refractivity contribution >= 4 is 12.1 Å². The quantitative estimate of drug-likeness (QED) is 0.763. The van der Waals surface area contributed by atoms with Gasteiger partial charge in [0.2, 0.25) is 0 Å². The number of halogens is 1. The zero-order chi connectivity index (χ0) is 18.9. The van der Waals surface area contributed by atoms with Crippen LogP contribution in [0.25, 0.3) is 0 Å². The highest BCUT2D eigenvalue weighted by Gasteiger charge is 2.25. The van der Waals surface area contributed by atoms with Gasteiger partial charge in [-0.1, -0.05) is 12.1 Å². The van der Waals surface area contributed by atoms with Crippen LogP contribution in [-0.2, 0) is 20.7 Å². The van der Waals surface area contributed by atoms with Crippen LogP contribution in [0.2, 0.25) is 0 Å². The Labute approximate surface area is 147 Å². The number of hydrogen-bond acceptors (Lipinski definition) is 5. The van der Waals surface area contributed by atoms with Gasteiger partial charge < -0.3 is 19.5 Å². The van der Waals surface area contributed by atoms with E-state index in [-0.39, 0.29) is 13.0 Å². The Bertz CT molecular complexity index is 592. The summed E-state index contributed by atoms with van der Waals surface area (Å²) in [5, 5.41) is 2.51. The zero-order valence-corrected chi connectivity index (χ0v) is 14.9. The van der Waals surface area contributed by atoms with E-state index in [2.05, 4.69) is 5.32 Å². The summed E-state index contributed by atoms with van der Waals surface area (Å²) >= 11 is 0. The molecule has 25 heavy (non-hydrogen) atoms. The molecule has 6 nitrogen and oxygen atoms in total. The van der Waals surface area contributed by atoms with Gasteiger partial charge in [-0.05, 0) is 44.5 Å². The molecule has 0 saturated carbocycles. The summed E-state index contributed by atoms with van der Waals surface area (Å²) in [6.45, 7) is 5.32. The first kappa shape index (κ1) is 20.5. The standard InChI is InChI=1S/C18H24FNO5/c1-18(2,3)25-17(22)20-15(16(21)23-4)12-13-6-8-14(9-7-13)24-11-5-10-19/h5-10,15H,11-12H2,1-4H3,(H,20,22)/i19-1. The van der Waals surface area contributed by atoms with Gasteiger partial charge in [-0.25, -0.2) is 14.0 Å². The molecule has 1 atom stereocenters. The number of esters is 1. The first-order valence-corrected chi connectivity index (χ1v) is 7.79. The number of methoxy groups -OCH3 is 1. The van der Waals surface area contributed by atoms with Crippen molar-refractivity contribution < 1.29 is 28.2 Å². The second-order valence-electron chi connectivity index (χ2n) is 6.24. The fourth-order valence-electron chi connectivity index (χ4n) is 1.92. The number of rotatable bonds is 7. The average molecular weight is 352 g/mol. The van der Waals surface area contributed by atoms with Gasteiger partial charge in [-0.15, -0.1) is 0 Å². The molecule has 0 aliphatic carbocycles. The first-order chi connectivity index (χ1) is 11.7. The molecule has 1 amide bonds. The highest BCUT2D eigenvalue weighted by Crippen LogP contribution is 2.14. The fraction of sp³-hybridized carbons (Fsp3) is 0.444. The molecule has 0 saturated heterocycles. The number of benzene rings is 1. The van der Waals surface area contributed by atoms with Gasteiger partial charge >= 0.3 is 12.1 Å². The number of ether oxygens (including phenoxy) is 3. The molecule has 0 fully saturated rings. The van der Waals surface area contributed by atoms with E-state index >= 15 is 0 Å². The van der Waals surface area contributed by atoms with Gasteiger partial charge in [-0.2, -0.15) is 0 Å². The van der Waals surface area contributed by atoms with E-state index in [4.69, 9.17) is 14.2 Å². The van der Waals surface area contributed by atoms with Crippen LogP contribution in [0.15, 0.2) is 36.7 Å². The van der Waals surface area contributed by atoms with E-state index in [1.165, 1.54) is 13.2 Å². The lowest BCUT2D eigenvalue weighted by Crippen LogP contribution is -2.45. The molecule has 1 aromatic rings. The minimum atomic E-state index is -0.874. The maximum atomic E-state index is 11.9. The smallest absolute Gasteiger partial charge is 0.408 e. The molecule has 1 N–H and O–H groups in total. The summed E-state index contributed by atoms with van der Waals surface area (Å²) in [6.07, 6.45) is 1.20. The molecule has 0 bridgehead atoms. The van der Waals surface area contributed by atoms with Gasteiger partial charge in [0.25, 0.3) is 0 Å². The van der Waals surface area contributed by atoms with Crippen molar-refractivity contribution in [3.8, 4) is 5.75 Å². The molecular formula is C18H24FNO5. The summed E-state index contributed by atoms with van der Waals surface area (Å²) < 4.78 is 27.0. The Kier molecular flexibility index (Phi) is 7.91. The second-order valence-corrected chi connectivity index (χ2v) is 6.24. The SMILES string of the molecule is COC(=O)C(Cc1ccc(OCC=C[18F])cc1)NC(=O)OC(C)(C)C. The molecular weight excluding hydrogens is 328 g/mol. The van der Waals surface area contributed by atoms with Gasteiger partial charge in [0.1, 0.15) is 24.0 Å². The maximum absolute atomic E-state index is 11.9. The molecule has 0 aliphatic heterocycles. The van der Waals surface area contributed by atoms with E-state index < -0.39 is 23.7 Å². The fourth-order valence-corrected chi connectivity index (χ4v) is 1.92. The number of nitrogens with one attached hydrogen (secondary N) is 1. The molecule has 0 radical (unpaired) electrons. The number of carbonyl (C=O) groups excluding carboxylic acids is 2. The lowest BCUT2D eigenvalue weighted by atomic mass is 10.1. The topological polar surface area (TPSA) is 73.9 Å². The van der Waals surface area contributed by atoms with Gasteiger partial charge in [-0.3, -0.25) is 0 Å². The van der Waals surface area contributed by atoms with Crippen LogP contribution < -0.4 is 10.1 Å². The Morgan fingerprint density at radius 1 is 1.24 bits per heavy atom. The minimum absolute atomic E-state index is 0.126. The molecule has 138 valence electrons. The average Bonchev–Trinajstić information content (AvgIpc) is 2.53. The van der Waals surface area contributed by atoms with Crippen molar-refractivity contribution in [2.75, 3.05) is 13.7 Å². The summed E-state index contributed by atoms with van der Waals surface area (Å²) in [7, 11) is 1.25. The van der Waals surface area contributed by atoms with Crippen LogP contribution in [0.5, 0.6) is 5.75 Å². The Hall–Kier alpha value is -2.57. The highest BCUT2D eigenvalue weighted by molar-refractivity contribution is 5.81. The van der Waals surface area contributed by atoms with Crippen molar-refractivity contribution in [1.29, 1.82) is 0 Å². The highest BCUT2D eigenvalue weighted by atomic mass is 18.2. The molecule has 7 heteroatoms. The third-order valence-electron chi connectivity index (χ3n) is 2.98. The molecule has 1 unspecified atom stereocenters. The zero-order valence-electron chi connectivity index (χ0n) is 14.9. The first-order valence-electron chi connectivity index (χ1n) is 7.79. The summed E-state index contributed by atoms with van der Waals surface area (Å²) in [4.78, 5) is 23.8. The summed E-state index contributed by atoms with van der Waals surface area (Å²) in [5.74, 6) is -0.00385. The molecule has 1 rings (SSSR count). The normalized spacial score (nSPS) is 12.5. The van der Waals surface area contributed by atoms with Crippen LogP contribution in [0.4, 0.5) is 9.18 Å². The van der Waals surface area contributed by atoms with Crippen molar-refractivity contribution in [3.63, 3.8) is 0 Å². The maximum Gasteiger partial charge on any atom is 0.408 e. The van der Waals surface area contributed by atoms with E-state index in [0.717, 1.165) is 5.56 Å². The van der Waals surface area contributed by atoms with E-state index in [1.54, 1.807) is 45.0 Å². The van der Waals surface area contributed by atoms with Crippen LogP contribution >= 0.6 is 0 Å². The monoisotopic (exact) mass is 352 g/mol. The number of amides is 1.